The second kappa shape index (κ2) is 8.95. The van der Waals surface area contributed by atoms with Gasteiger partial charge >= 0.3 is 0 Å². The Bertz CT molecular complexity index is 974. The van der Waals surface area contributed by atoms with Crippen molar-refractivity contribution in [2.24, 2.45) is 0 Å². The van der Waals surface area contributed by atoms with Gasteiger partial charge in [0.15, 0.2) is 9.84 Å². The number of carbonyl (C=O) groups excluding carboxylic acids is 1. The van der Waals surface area contributed by atoms with E-state index < -0.39 is 9.84 Å². The molecule has 4 nitrogen and oxygen atoms in total. The van der Waals surface area contributed by atoms with Crippen LogP contribution in [0, 0.1) is 6.92 Å². The highest BCUT2D eigenvalue weighted by Gasteiger charge is 2.34. The summed E-state index contributed by atoms with van der Waals surface area (Å²) < 4.78 is 24.0. The van der Waals surface area contributed by atoms with Gasteiger partial charge in [-0.1, -0.05) is 67.9 Å². The van der Waals surface area contributed by atoms with Crippen molar-refractivity contribution in [3.8, 4) is 0 Å². The molecule has 29 heavy (non-hydrogen) atoms. The standard InChI is InChI=1S/C24H29NO3S/c1-18(2)22-11-8-21(9-12-22)16-25(23-14-15-29(27,28)17-23)24(26)13-10-20-6-4-19(3)5-7-20/h4-13,18,23H,14-17H2,1-3H3. The van der Waals surface area contributed by atoms with Gasteiger partial charge in [-0.25, -0.2) is 8.42 Å². The Kier molecular flexibility index (Phi) is 6.58. The summed E-state index contributed by atoms with van der Waals surface area (Å²) in [6.07, 6.45) is 3.84. The molecule has 1 heterocycles. The Hall–Kier alpha value is -2.40. The van der Waals surface area contributed by atoms with Crippen LogP contribution in [0.2, 0.25) is 0 Å². The summed E-state index contributed by atoms with van der Waals surface area (Å²) >= 11 is 0. The lowest BCUT2D eigenvalue weighted by atomic mass is 10.0. The molecule has 3 rings (SSSR count). The van der Waals surface area contributed by atoms with Crippen molar-refractivity contribution >= 4 is 21.8 Å². The molecular formula is C24H29NO3S. The molecule has 1 saturated heterocycles. The second-order valence-electron chi connectivity index (χ2n) is 8.16. The molecule has 0 aliphatic carbocycles. The first-order chi connectivity index (χ1) is 13.7. The maximum atomic E-state index is 13.0. The Morgan fingerprint density at radius 2 is 1.76 bits per heavy atom. The van der Waals surface area contributed by atoms with Crippen molar-refractivity contribution < 1.29 is 13.2 Å². The Balaban J connectivity index is 1.80. The summed E-state index contributed by atoms with van der Waals surface area (Å²) in [4.78, 5) is 14.7. The highest BCUT2D eigenvalue weighted by molar-refractivity contribution is 7.91. The molecule has 0 radical (unpaired) electrons. The van der Waals surface area contributed by atoms with E-state index in [2.05, 4.69) is 26.0 Å². The fourth-order valence-corrected chi connectivity index (χ4v) is 5.28. The maximum absolute atomic E-state index is 13.0. The van der Waals surface area contributed by atoms with Gasteiger partial charge in [-0.3, -0.25) is 4.79 Å². The third kappa shape index (κ3) is 5.80. The molecule has 0 aromatic heterocycles. The topological polar surface area (TPSA) is 54.5 Å². The summed E-state index contributed by atoms with van der Waals surface area (Å²) in [7, 11) is -3.07. The van der Waals surface area contributed by atoms with Crippen LogP contribution in [0.3, 0.4) is 0 Å². The first-order valence-electron chi connectivity index (χ1n) is 10.1. The van der Waals surface area contributed by atoms with E-state index in [0.717, 1.165) is 16.7 Å². The lowest BCUT2D eigenvalue weighted by Gasteiger charge is -2.27. The van der Waals surface area contributed by atoms with Crippen LogP contribution in [0.15, 0.2) is 54.6 Å². The van der Waals surface area contributed by atoms with E-state index in [1.165, 1.54) is 5.56 Å². The Morgan fingerprint density at radius 1 is 1.10 bits per heavy atom. The van der Waals surface area contributed by atoms with Crippen molar-refractivity contribution in [2.75, 3.05) is 11.5 Å². The Labute approximate surface area is 174 Å². The SMILES string of the molecule is Cc1ccc(C=CC(=O)N(Cc2ccc(C(C)C)cc2)C2CCS(=O)(=O)C2)cc1. The summed E-state index contributed by atoms with van der Waals surface area (Å²) in [6, 6.07) is 15.9. The zero-order valence-corrected chi connectivity index (χ0v) is 18.2. The molecule has 0 saturated carbocycles. The number of amides is 1. The highest BCUT2D eigenvalue weighted by Crippen LogP contribution is 2.22. The van der Waals surface area contributed by atoms with Gasteiger partial charge < -0.3 is 4.90 Å². The van der Waals surface area contributed by atoms with Gasteiger partial charge in [-0.2, -0.15) is 0 Å². The van der Waals surface area contributed by atoms with Gasteiger partial charge in [0.25, 0.3) is 0 Å². The molecule has 0 bridgehead atoms. The van der Waals surface area contributed by atoms with Gasteiger partial charge in [-0.05, 0) is 42.0 Å². The number of aryl methyl sites for hydroxylation is 1. The molecule has 0 N–H and O–H groups in total. The number of carbonyl (C=O) groups is 1. The number of sulfone groups is 1. The van der Waals surface area contributed by atoms with Gasteiger partial charge in [0.1, 0.15) is 0 Å². The number of hydrogen-bond acceptors (Lipinski definition) is 3. The summed E-state index contributed by atoms with van der Waals surface area (Å²) in [6.45, 7) is 6.72. The van der Waals surface area contributed by atoms with Crippen LogP contribution >= 0.6 is 0 Å². The zero-order chi connectivity index (χ0) is 21.0. The van der Waals surface area contributed by atoms with Gasteiger partial charge in [0.05, 0.1) is 11.5 Å². The van der Waals surface area contributed by atoms with E-state index in [4.69, 9.17) is 0 Å². The minimum atomic E-state index is -3.07. The van der Waals surface area contributed by atoms with Crippen LogP contribution in [-0.2, 0) is 21.2 Å². The fourth-order valence-electron chi connectivity index (χ4n) is 3.55. The molecule has 154 valence electrons. The lowest BCUT2D eigenvalue weighted by Crippen LogP contribution is -2.39. The molecule has 1 aliphatic heterocycles. The van der Waals surface area contributed by atoms with E-state index in [1.807, 2.05) is 43.3 Å². The minimum absolute atomic E-state index is 0.0428. The normalized spacial score (nSPS) is 18.4. The molecule has 0 spiro atoms. The average molecular weight is 412 g/mol. The quantitative estimate of drug-likeness (QED) is 0.664. The minimum Gasteiger partial charge on any atom is -0.331 e. The van der Waals surface area contributed by atoms with E-state index in [0.29, 0.717) is 18.9 Å². The summed E-state index contributed by atoms with van der Waals surface area (Å²) in [5.41, 5.74) is 4.37. The molecule has 1 atom stereocenters. The van der Waals surface area contributed by atoms with E-state index in [9.17, 15) is 13.2 Å². The van der Waals surface area contributed by atoms with Crippen LogP contribution in [0.25, 0.3) is 6.08 Å². The fraction of sp³-hybridized carbons (Fsp3) is 0.375. The van der Waals surface area contributed by atoms with Crippen molar-refractivity contribution in [1.29, 1.82) is 0 Å². The van der Waals surface area contributed by atoms with Crippen LogP contribution in [-0.4, -0.2) is 36.8 Å². The molecule has 2 aromatic carbocycles. The molecule has 1 aliphatic rings. The lowest BCUT2D eigenvalue weighted by molar-refractivity contribution is -0.128. The van der Waals surface area contributed by atoms with Crippen molar-refractivity contribution in [1.82, 2.24) is 4.90 Å². The molecule has 1 unspecified atom stereocenters. The second-order valence-corrected chi connectivity index (χ2v) is 10.4. The molecule has 5 heteroatoms. The van der Waals surface area contributed by atoms with E-state index >= 15 is 0 Å². The van der Waals surface area contributed by atoms with Gasteiger partial charge in [-0.15, -0.1) is 0 Å². The van der Waals surface area contributed by atoms with E-state index in [-0.39, 0.29) is 23.5 Å². The first kappa shape index (κ1) is 21.3. The third-order valence-electron chi connectivity index (χ3n) is 5.43. The van der Waals surface area contributed by atoms with Crippen LogP contribution in [0.5, 0.6) is 0 Å². The maximum Gasteiger partial charge on any atom is 0.247 e. The van der Waals surface area contributed by atoms with Crippen molar-refractivity contribution in [2.45, 2.75) is 45.7 Å². The number of benzene rings is 2. The third-order valence-corrected chi connectivity index (χ3v) is 7.18. The van der Waals surface area contributed by atoms with Gasteiger partial charge in [0, 0.05) is 18.7 Å². The number of nitrogens with zero attached hydrogens (tertiary/aromatic N) is 1. The molecule has 1 amide bonds. The average Bonchev–Trinajstić information content (AvgIpc) is 3.05. The zero-order valence-electron chi connectivity index (χ0n) is 17.3. The van der Waals surface area contributed by atoms with E-state index in [1.54, 1.807) is 17.1 Å². The van der Waals surface area contributed by atoms with Gasteiger partial charge in [0.2, 0.25) is 5.91 Å². The first-order valence-corrected chi connectivity index (χ1v) is 11.9. The summed E-state index contributed by atoms with van der Waals surface area (Å²) in [5.74, 6) is 0.483. The smallest absolute Gasteiger partial charge is 0.247 e. The molecule has 2 aromatic rings. The van der Waals surface area contributed by atoms with Crippen LogP contribution in [0.4, 0.5) is 0 Å². The van der Waals surface area contributed by atoms with Crippen molar-refractivity contribution in [3.63, 3.8) is 0 Å². The summed E-state index contributed by atoms with van der Waals surface area (Å²) in [5, 5.41) is 0. The van der Waals surface area contributed by atoms with Crippen LogP contribution < -0.4 is 0 Å². The predicted octanol–water partition coefficient (Wildman–Crippen LogP) is 4.35. The number of hydrogen-bond donors (Lipinski definition) is 0. The monoisotopic (exact) mass is 411 g/mol. The van der Waals surface area contributed by atoms with Crippen LogP contribution in [0.1, 0.15) is 48.4 Å². The highest BCUT2D eigenvalue weighted by atomic mass is 32.2. The van der Waals surface area contributed by atoms with Crippen molar-refractivity contribution in [3.05, 3.63) is 76.9 Å². The largest absolute Gasteiger partial charge is 0.331 e. The Morgan fingerprint density at radius 3 is 2.31 bits per heavy atom. The molecule has 1 fully saturated rings. The predicted molar refractivity (Wildman–Crippen MR) is 118 cm³/mol. The molecular weight excluding hydrogens is 382 g/mol. The number of rotatable bonds is 6.